The Morgan fingerprint density at radius 1 is 0.429 bits per heavy atom. The molecule has 0 aliphatic carbocycles. The van der Waals surface area contributed by atoms with Crippen LogP contribution in [0.25, 0.3) is 10.8 Å². The number of H-pyrrole nitrogens is 2. The normalized spacial score (nSPS) is 16.1. The van der Waals surface area contributed by atoms with Gasteiger partial charge in [-0.1, -0.05) is 0 Å². The summed E-state index contributed by atoms with van der Waals surface area (Å²) in [7, 11) is -13.3. The Morgan fingerprint density at radius 2 is 0.686 bits per heavy atom. The summed E-state index contributed by atoms with van der Waals surface area (Å²) in [5.41, 5.74) is 0.369. The predicted molar refractivity (Wildman–Crippen MR) is 236 cm³/mol. The van der Waals surface area contributed by atoms with E-state index in [9.17, 15) is 88.7 Å². The van der Waals surface area contributed by atoms with Crippen LogP contribution in [0, 0.1) is 13.8 Å². The summed E-state index contributed by atoms with van der Waals surface area (Å²) in [4.78, 5) is 110. The maximum absolute atomic E-state index is 13.9. The number of likely N-dealkylation sites (N-methyl/N-ethyl adjacent to an activating group) is 2. The van der Waals surface area contributed by atoms with Gasteiger partial charge in [0.25, 0.3) is 34.7 Å². The van der Waals surface area contributed by atoms with Gasteiger partial charge in [0, 0.05) is 69.6 Å². The van der Waals surface area contributed by atoms with Crippen LogP contribution in [0.3, 0.4) is 0 Å². The van der Waals surface area contributed by atoms with Gasteiger partial charge in [0.15, 0.2) is 0 Å². The molecule has 2 N–H and O–H groups in total. The number of aryl methyl sites for hydroxylation is 4. The van der Waals surface area contributed by atoms with Crippen molar-refractivity contribution >= 4 is 50.0 Å². The van der Waals surface area contributed by atoms with Gasteiger partial charge in [-0.3, -0.25) is 48.5 Å². The second kappa shape index (κ2) is 18.2. The molecule has 70 heavy (non-hydrogen) atoms. The fourth-order valence-electron chi connectivity index (χ4n) is 7.56. The number of unbranched alkanes of at least 4 members (excludes halogenated alkanes) is 2. The number of nitrogens with one attached hydrogen (secondary N) is 2. The van der Waals surface area contributed by atoms with Crippen LogP contribution in [0.5, 0.6) is 0 Å². The average molecular weight is 1060 g/mol. The Labute approximate surface area is 388 Å². The molecule has 0 spiro atoms. The zero-order chi connectivity index (χ0) is 53.5. The van der Waals surface area contributed by atoms with Crippen molar-refractivity contribution in [2.75, 3.05) is 67.5 Å². The summed E-state index contributed by atoms with van der Waals surface area (Å²) in [5, 5.41) is 0.670. The van der Waals surface area contributed by atoms with Crippen molar-refractivity contribution < 1.29 is 78.5 Å². The number of halogens is 12. The van der Waals surface area contributed by atoms with Gasteiger partial charge in [-0.2, -0.15) is 0 Å². The van der Waals surface area contributed by atoms with Gasteiger partial charge in [0.1, 0.15) is 0 Å². The molecule has 2 aliphatic heterocycles. The molecular formula is C40H50F12N8O8P2. The third-order valence-electron chi connectivity index (χ3n) is 11.1. The summed E-state index contributed by atoms with van der Waals surface area (Å²) >= 11 is 0. The Hall–Kier alpha value is -5.72. The summed E-state index contributed by atoms with van der Waals surface area (Å²) < 4.78 is 122. The standard InChI is InChI=1S/C40H48N8O8.2F6P/c1-25-23-43(39(55)41-33(25)49)15-7-9-19-47(3,4)21-17-45-35(51)27-11-13-29-32-30(14-12-28(31(27)32)36(45)52)38(54)46(37(29)53)18-22-48(5,6)20-10-8-16-44-24-26(2)34(50)42-40(44)56;2*1-7(2,3,4,5)6/h11-14,23-24H,7-10,15-22H2,1-6H3;;/q;2*-1/p+2. The quantitative estimate of drug-likeness (QED) is 0.0370. The first-order chi connectivity index (χ1) is 31.3. The molecule has 0 unspecified atom stereocenters. The molecule has 0 radical (unpaired) electrons. The van der Waals surface area contributed by atoms with Crippen molar-refractivity contribution in [3.8, 4) is 0 Å². The summed E-state index contributed by atoms with van der Waals surface area (Å²) in [6.45, 7) is 6.96. The van der Waals surface area contributed by atoms with Crippen LogP contribution in [0.1, 0.15) is 78.2 Å². The molecule has 6 rings (SSSR count). The van der Waals surface area contributed by atoms with Gasteiger partial charge in [0.05, 0.1) is 67.5 Å². The van der Waals surface area contributed by atoms with E-state index in [-0.39, 0.29) is 35.3 Å². The van der Waals surface area contributed by atoms with Crippen molar-refractivity contribution in [1.82, 2.24) is 28.9 Å². The van der Waals surface area contributed by atoms with Gasteiger partial charge < -0.3 is 18.1 Å². The summed E-state index contributed by atoms with van der Waals surface area (Å²) in [6.07, 6.45) is 6.05. The Balaban J connectivity index is 0.000000664. The van der Waals surface area contributed by atoms with Crippen molar-refractivity contribution in [3.63, 3.8) is 0 Å². The van der Waals surface area contributed by atoms with E-state index >= 15 is 0 Å². The SMILES string of the molecule is Cc1cn(CCCC[N+](C)(C)CCN2C(=O)c3ccc4c5c(ccc(c35)C2=O)C(=O)N(CC[N+](C)(C)CCCCn2cc(C)c(=O)[nH]c2=O)C4=O)c(=O)[nH]c1=O.F[P-](F)(F)(F)(F)F.F[P-](F)(F)(F)(F)F. The first kappa shape index (κ1) is 56.9. The molecule has 0 atom stereocenters. The second-order valence-corrected chi connectivity index (χ2v) is 22.1. The van der Waals surface area contributed by atoms with Gasteiger partial charge >= 0.3 is 77.4 Å². The molecule has 30 heteroatoms. The van der Waals surface area contributed by atoms with E-state index in [0.29, 0.717) is 69.9 Å². The van der Waals surface area contributed by atoms with Crippen molar-refractivity contribution in [3.05, 3.63) is 112 Å². The van der Waals surface area contributed by atoms with Crippen molar-refractivity contribution in [2.45, 2.75) is 52.6 Å². The molecule has 4 aromatic rings. The Kier molecular flexibility index (Phi) is 14.7. The van der Waals surface area contributed by atoms with Crippen LogP contribution in [0.4, 0.5) is 50.4 Å². The van der Waals surface area contributed by atoms with Gasteiger partial charge in [-0.15, -0.1) is 0 Å². The van der Waals surface area contributed by atoms with Crippen LogP contribution < -0.4 is 22.5 Å². The number of nitrogens with zero attached hydrogens (tertiary/aromatic N) is 6. The third kappa shape index (κ3) is 17.3. The van der Waals surface area contributed by atoms with Crippen molar-refractivity contribution in [2.24, 2.45) is 0 Å². The van der Waals surface area contributed by atoms with Crippen LogP contribution in [0.15, 0.2) is 55.8 Å². The number of hydrogen-bond acceptors (Lipinski definition) is 8. The molecule has 2 aromatic carbocycles. The molecule has 0 saturated carbocycles. The van der Waals surface area contributed by atoms with Gasteiger partial charge in [-0.05, 0) is 63.8 Å². The number of carbonyl (C=O) groups is 4. The van der Waals surface area contributed by atoms with Crippen LogP contribution >= 0.6 is 15.6 Å². The Morgan fingerprint density at radius 3 is 0.943 bits per heavy atom. The van der Waals surface area contributed by atoms with Crippen LogP contribution in [0.2, 0.25) is 0 Å². The third-order valence-corrected chi connectivity index (χ3v) is 11.1. The number of aromatic amines is 2. The number of rotatable bonds is 16. The van der Waals surface area contributed by atoms with E-state index in [4.69, 9.17) is 0 Å². The zero-order valence-electron chi connectivity index (χ0n) is 38.3. The molecule has 0 saturated heterocycles. The molecule has 2 aliphatic rings. The number of hydrogen-bond donors (Lipinski definition) is 2. The molecule has 0 fully saturated rings. The molecule has 2 aromatic heterocycles. The van der Waals surface area contributed by atoms with Gasteiger partial charge in [0.2, 0.25) is 0 Å². The summed E-state index contributed by atoms with van der Waals surface area (Å²) in [5.74, 6) is -1.89. The van der Waals surface area contributed by atoms with E-state index in [0.717, 1.165) is 25.9 Å². The topological polar surface area (TPSA) is 184 Å². The monoisotopic (exact) mass is 1060 g/mol. The van der Waals surface area contributed by atoms with E-state index < -0.39 is 61.7 Å². The number of aromatic nitrogens is 4. The number of benzene rings is 2. The molecule has 4 amide bonds. The molecular weight excluding hydrogens is 1010 g/mol. The van der Waals surface area contributed by atoms with E-state index in [1.807, 2.05) is 28.2 Å². The van der Waals surface area contributed by atoms with Crippen LogP contribution in [-0.4, -0.2) is 129 Å². The van der Waals surface area contributed by atoms with Crippen LogP contribution in [-0.2, 0) is 13.1 Å². The van der Waals surface area contributed by atoms with Crippen molar-refractivity contribution in [1.29, 1.82) is 0 Å². The molecule has 392 valence electrons. The van der Waals surface area contributed by atoms with E-state index in [1.54, 1.807) is 50.5 Å². The zero-order valence-corrected chi connectivity index (χ0v) is 40.1. The van der Waals surface area contributed by atoms with E-state index in [1.165, 1.54) is 18.9 Å². The fourth-order valence-corrected chi connectivity index (χ4v) is 7.56. The predicted octanol–water partition coefficient (Wildman–Crippen LogP) is 8.23. The minimum atomic E-state index is -10.7. The van der Waals surface area contributed by atoms with Gasteiger partial charge in [-0.25, -0.2) is 9.59 Å². The fraction of sp³-hybridized carbons (Fsp3) is 0.450. The van der Waals surface area contributed by atoms with E-state index in [2.05, 4.69) is 9.97 Å². The first-order valence-electron chi connectivity index (χ1n) is 21.0. The first-order valence-corrected chi connectivity index (χ1v) is 25.0. The summed E-state index contributed by atoms with van der Waals surface area (Å²) in [6, 6.07) is 6.31. The minimum absolute atomic E-state index is 0.165. The number of amides is 4. The number of carbonyl (C=O) groups excluding carboxylic acids is 4. The molecule has 4 heterocycles. The number of quaternary nitrogens is 2. The Bertz CT molecular complexity index is 2720. The molecule has 16 nitrogen and oxygen atoms in total. The number of imide groups is 2. The second-order valence-electron chi connectivity index (χ2n) is 18.2. The maximum atomic E-state index is 13.9. The molecule has 0 bridgehead atoms. The average Bonchev–Trinajstić information content (AvgIpc) is 3.17.